The van der Waals surface area contributed by atoms with Gasteiger partial charge in [-0.15, -0.1) is 0 Å². The van der Waals surface area contributed by atoms with Crippen molar-refractivity contribution in [1.82, 2.24) is 0 Å². The summed E-state index contributed by atoms with van der Waals surface area (Å²) in [5, 5.41) is 10.3. The fraction of sp³-hybridized carbons (Fsp3) is 0.200. The molecule has 0 radical (unpaired) electrons. The normalized spacial score (nSPS) is 10.8. The number of fused-ring (bicyclic) bond motifs is 1. The van der Waals surface area contributed by atoms with Crippen LogP contribution in [0.15, 0.2) is 22.6 Å². The van der Waals surface area contributed by atoms with E-state index < -0.39 is 0 Å². The van der Waals surface area contributed by atoms with Gasteiger partial charge in [-0.1, -0.05) is 11.6 Å². The SMILES string of the molecule is Cc1ccc2oc(C)c(O)c2c1. The van der Waals surface area contributed by atoms with E-state index in [1.807, 2.05) is 25.1 Å². The van der Waals surface area contributed by atoms with Gasteiger partial charge in [-0.05, 0) is 26.0 Å². The Labute approximate surface area is 70.4 Å². The Morgan fingerprint density at radius 3 is 2.75 bits per heavy atom. The minimum Gasteiger partial charge on any atom is -0.504 e. The lowest BCUT2D eigenvalue weighted by Gasteiger charge is -1.90. The largest absolute Gasteiger partial charge is 0.504 e. The average molecular weight is 162 g/mol. The molecule has 0 fully saturated rings. The minimum absolute atomic E-state index is 0.258. The number of benzene rings is 1. The molecule has 2 heteroatoms. The van der Waals surface area contributed by atoms with E-state index in [4.69, 9.17) is 4.42 Å². The highest BCUT2D eigenvalue weighted by atomic mass is 16.4. The van der Waals surface area contributed by atoms with Crippen LogP contribution in [0, 0.1) is 13.8 Å². The quantitative estimate of drug-likeness (QED) is 0.646. The lowest BCUT2D eigenvalue weighted by atomic mass is 10.2. The van der Waals surface area contributed by atoms with Crippen molar-refractivity contribution in [3.63, 3.8) is 0 Å². The second-order valence-electron chi connectivity index (χ2n) is 3.01. The highest BCUT2D eigenvalue weighted by molar-refractivity contribution is 5.85. The molecule has 0 bridgehead atoms. The number of hydrogen-bond acceptors (Lipinski definition) is 2. The van der Waals surface area contributed by atoms with Crippen molar-refractivity contribution in [3.8, 4) is 5.75 Å². The van der Waals surface area contributed by atoms with E-state index in [1.165, 1.54) is 0 Å². The van der Waals surface area contributed by atoms with Gasteiger partial charge in [-0.25, -0.2) is 0 Å². The van der Waals surface area contributed by atoms with Crippen LogP contribution in [0.5, 0.6) is 5.75 Å². The first kappa shape index (κ1) is 7.22. The molecule has 0 aliphatic rings. The summed E-state index contributed by atoms with van der Waals surface area (Å²) in [6, 6.07) is 5.75. The van der Waals surface area contributed by atoms with E-state index in [0.717, 1.165) is 16.5 Å². The third-order valence-electron chi connectivity index (χ3n) is 1.99. The molecular weight excluding hydrogens is 152 g/mol. The van der Waals surface area contributed by atoms with E-state index >= 15 is 0 Å². The molecule has 0 spiro atoms. The van der Waals surface area contributed by atoms with E-state index in [-0.39, 0.29) is 5.75 Å². The van der Waals surface area contributed by atoms with Crippen LogP contribution in [0.1, 0.15) is 11.3 Å². The third-order valence-corrected chi connectivity index (χ3v) is 1.99. The maximum atomic E-state index is 9.53. The predicted molar refractivity (Wildman–Crippen MR) is 47.4 cm³/mol. The second-order valence-corrected chi connectivity index (χ2v) is 3.01. The van der Waals surface area contributed by atoms with Crippen molar-refractivity contribution in [2.45, 2.75) is 13.8 Å². The van der Waals surface area contributed by atoms with Crippen LogP contribution in [0.3, 0.4) is 0 Å². The summed E-state index contributed by atoms with van der Waals surface area (Å²) in [6.45, 7) is 3.74. The molecule has 0 amide bonds. The van der Waals surface area contributed by atoms with Crippen LogP contribution in [-0.4, -0.2) is 5.11 Å². The monoisotopic (exact) mass is 162 g/mol. The van der Waals surface area contributed by atoms with Crippen molar-refractivity contribution in [1.29, 1.82) is 0 Å². The molecule has 1 N–H and O–H groups in total. The highest BCUT2D eigenvalue weighted by Gasteiger charge is 2.08. The van der Waals surface area contributed by atoms with Crippen molar-refractivity contribution < 1.29 is 9.52 Å². The van der Waals surface area contributed by atoms with Gasteiger partial charge in [0.2, 0.25) is 0 Å². The van der Waals surface area contributed by atoms with E-state index in [1.54, 1.807) is 6.92 Å². The van der Waals surface area contributed by atoms with Crippen LogP contribution in [0.25, 0.3) is 11.0 Å². The Bertz CT molecular complexity index is 427. The third kappa shape index (κ3) is 0.881. The van der Waals surface area contributed by atoms with Crippen LogP contribution in [-0.2, 0) is 0 Å². The zero-order chi connectivity index (χ0) is 8.72. The zero-order valence-corrected chi connectivity index (χ0v) is 7.09. The summed E-state index contributed by atoms with van der Waals surface area (Å²) in [5.74, 6) is 0.837. The van der Waals surface area contributed by atoms with Crippen molar-refractivity contribution in [3.05, 3.63) is 29.5 Å². The van der Waals surface area contributed by atoms with Gasteiger partial charge in [0.25, 0.3) is 0 Å². The lowest BCUT2D eigenvalue weighted by molar-refractivity contribution is 0.451. The molecule has 12 heavy (non-hydrogen) atoms. The number of aromatic hydroxyl groups is 1. The Hall–Kier alpha value is -1.44. The number of rotatable bonds is 0. The van der Waals surface area contributed by atoms with E-state index in [9.17, 15) is 5.11 Å². The predicted octanol–water partition coefficient (Wildman–Crippen LogP) is 2.76. The van der Waals surface area contributed by atoms with E-state index in [2.05, 4.69) is 0 Å². The van der Waals surface area contributed by atoms with Gasteiger partial charge in [0.15, 0.2) is 5.75 Å². The molecular formula is C10H10O2. The summed E-state index contributed by atoms with van der Waals surface area (Å²) >= 11 is 0. The molecule has 0 saturated carbocycles. The Morgan fingerprint density at radius 2 is 2.00 bits per heavy atom. The van der Waals surface area contributed by atoms with Gasteiger partial charge in [0.1, 0.15) is 11.3 Å². The van der Waals surface area contributed by atoms with Gasteiger partial charge < -0.3 is 9.52 Å². The topological polar surface area (TPSA) is 33.4 Å². The first-order valence-electron chi connectivity index (χ1n) is 3.87. The molecule has 0 atom stereocenters. The Kier molecular flexibility index (Phi) is 1.37. The molecule has 62 valence electrons. The van der Waals surface area contributed by atoms with Gasteiger partial charge in [0, 0.05) is 0 Å². The van der Waals surface area contributed by atoms with Gasteiger partial charge in [0.05, 0.1) is 5.39 Å². The van der Waals surface area contributed by atoms with Crippen LogP contribution in [0.2, 0.25) is 0 Å². The van der Waals surface area contributed by atoms with Gasteiger partial charge >= 0.3 is 0 Å². The smallest absolute Gasteiger partial charge is 0.164 e. The van der Waals surface area contributed by atoms with Crippen molar-refractivity contribution in [2.75, 3.05) is 0 Å². The fourth-order valence-electron chi connectivity index (χ4n) is 1.32. The molecule has 1 aromatic heterocycles. The summed E-state index contributed by atoms with van der Waals surface area (Å²) in [7, 11) is 0. The fourth-order valence-corrected chi connectivity index (χ4v) is 1.32. The lowest BCUT2D eigenvalue weighted by Crippen LogP contribution is -1.69. The zero-order valence-electron chi connectivity index (χ0n) is 7.09. The van der Waals surface area contributed by atoms with E-state index in [0.29, 0.717) is 5.76 Å². The second kappa shape index (κ2) is 2.27. The Morgan fingerprint density at radius 1 is 1.25 bits per heavy atom. The summed E-state index contributed by atoms with van der Waals surface area (Å²) < 4.78 is 5.30. The van der Waals surface area contributed by atoms with Gasteiger partial charge in [-0.3, -0.25) is 0 Å². The molecule has 0 aliphatic heterocycles. The number of hydrogen-bond donors (Lipinski definition) is 1. The maximum Gasteiger partial charge on any atom is 0.164 e. The summed E-state index contributed by atoms with van der Waals surface area (Å²) in [5.41, 5.74) is 1.87. The first-order chi connectivity index (χ1) is 5.68. The molecule has 0 saturated heterocycles. The van der Waals surface area contributed by atoms with Crippen LogP contribution >= 0.6 is 0 Å². The molecule has 2 aromatic rings. The van der Waals surface area contributed by atoms with Crippen molar-refractivity contribution >= 4 is 11.0 Å². The highest BCUT2D eigenvalue weighted by Crippen LogP contribution is 2.31. The van der Waals surface area contributed by atoms with Crippen LogP contribution < -0.4 is 0 Å². The van der Waals surface area contributed by atoms with Crippen molar-refractivity contribution in [2.24, 2.45) is 0 Å². The summed E-state index contributed by atoms with van der Waals surface area (Å²) in [4.78, 5) is 0. The number of aryl methyl sites for hydroxylation is 2. The Balaban J connectivity index is 2.88. The average Bonchev–Trinajstić information content (AvgIpc) is 2.31. The molecule has 2 rings (SSSR count). The molecule has 2 nitrogen and oxygen atoms in total. The maximum absolute atomic E-state index is 9.53. The molecule has 0 aliphatic carbocycles. The molecule has 1 aromatic carbocycles. The number of furan rings is 1. The van der Waals surface area contributed by atoms with Crippen LogP contribution in [0.4, 0.5) is 0 Å². The molecule has 0 unspecified atom stereocenters. The minimum atomic E-state index is 0.258. The first-order valence-corrected chi connectivity index (χ1v) is 3.87. The molecule has 1 heterocycles. The summed E-state index contributed by atoms with van der Waals surface area (Å²) in [6.07, 6.45) is 0. The standard InChI is InChI=1S/C10H10O2/c1-6-3-4-9-8(5-6)10(11)7(2)12-9/h3-5,11H,1-2H3. The van der Waals surface area contributed by atoms with Gasteiger partial charge in [-0.2, -0.15) is 0 Å².